The SMILES string of the molecule is FC1COC1. The third-order valence-electron chi connectivity index (χ3n) is 0.597. The standard InChI is InChI=1S/C3H5FO/c4-3-1-5-2-3/h3H,1-2H2. The zero-order valence-corrected chi connectivity index (χ0v) is 2.78. The molecule has 1 heterocycles. The molecule has 1 aliphatic rings. The Morgan fingerprint density at radius 3 is 2.00 bits per heavy atom. The van der Waals surface area contributed by atoms with Crippen molar-refractivity contribution in [2.75, 3.05) is 13.2 Å². The van der Waals surface area contributed by atoms with Gasteiger partial charge in [-0.05, 0) is 0 Å². The lowest BCUT2D eigenvalue weighted by Crippen LogP contribution is -2.28. The summed E-state index contributed by atoms with van der Waals surface area (Å²) in [4.78, 5) is 0. The van der Waals surface area contributed by atoms with E-state index in [1.807, 2.05) is 0 Å². The maximum Gasteiger partial charge on any atom is 0.147 e. The minimum atomic E-state index is -0.657. The topological polar surface area (TPSA) is 9.23 Å². The Bertz CT molecular complexity index is 33.9. The highest BCUT2D eigenvalue weighted by Gasteiger charge is 2.14. The molecule has 0 aromatic carbocycles. The molecule has 0 aromatic heterocycles. The minimum absolute atomic E-state index is 0.319. The van der Waals surface area contributed by atoms with E-state index >= 15 is 0 Å². The van der Waals surface area contributed by atoms with Crippen LogP contribution in [0.1, 0.15) is 0 Å². The molecule has 0 aromatic rings. The van der Waals surface area contributed by atoms with Gasteiger partial charge >= 0.3 is 0 Å². The van der Waals surface area contributed by atoms with Gasteiger partial charge in [-0.3, -0.25) is 0 Å². The van der Waals surface area contributed by atoms with Gasteiger partial charge in [-0.2, -0.15) is 0 Å². The van der Waals surface area contributed by atoms with Gasteiger partial charge in [0.05, 0.1) is 13.2 Å². The third kappa shape index (κ3) is 0.401. The molecule has 1 rings (SSSR count). The lowest BCUT2D eigenvalue weighted by Gasteiger charge is -2.16. The average Bonchev–Trinajstić information content (AvgIpc) is 1.30. The molecular weight excluding hydrogens is 71.0 g/mol. The summed E-state index contributed by atoms with van der Waals surface area (Å²) < 4.78 is 15.9. The minimum Gasteiger partial charge on any atom is -0.375 e. The molecule has 0 N–H and O–H groups in total. The number of alkyl halides is 1. The van der Waals surface area contributed by atoms with Gasteiger partial charge in [-0.25, -0.2) is 4.39 Å². The normalized spacial score (nSPS) is 25.8. The van der Waals surface area contributed by atoms with Crippen molar-refractivity contribution in [2.24, 2.45) is 0 Å². The monoisotopic (exact) mass is 76.0 g/mol. The summed E-state index contributed by atoms with van der Waals surface area (Å²) in [6.07, 6.45) is -0.657. The van der Waals surface area contributed by atoms with E-state index in [-0.39, 0.29) is 0 Å². The van der Waals surface area contributed by atoms with Crippen LogP contribution in [0.5, 0.6) is 0 Å². The highest BCUT2D eigenvalue weighted by Crippen LogP contribution is 2.02. The zero-order valence-electron chi connectivity index (χ0n) is 2.78. The molecule has 30 valence electrons. The van der Waals surface area contributed by atoms with Gasteiger partial charge < -0.3 is 4.74 Å². The van der Waals surface area contributed by atoms with Crippen molar-refractivity contribution in [3.63, 3.8) is 0 Å². The molecule has 5 heavy (non-hydrogen) atoms. The average molecular weight is 76.1 g/mol. The Hall–Kier alpha value is -0.110. The van der Waals surface area contributed by atoms with Gasteiger partial charge in [0.15, 0.2) is 0 Å². The molecule has 1 nitrogen and oxygen atoms in total. The van der Waals surface area contributed by atoms with Crippen molar-refractivity contribution in [3.8, 4) is 0 Å². The van der Waals surface area contributed by atoms with E-state index in [0.29, 0.717) is 13.2 Å². The first kappa shape index (κ1) is 3.09. The van der Waals surface area contributed by atoms with E-state index in [1.54, 1.807) is 0 Å². The highest BCUT2D eigenvalue weighted by atomic mass is 19.1. The molecule has 0 radical (unpaired) electrons. The van der Waals surface area contributed by atoms with Gasteiger partial charge in [0.1, 0.15) is 6.17 Å². The first-order valence-electron chi connectivity index (χ1n) is 1.61. The smallest absolute Gasteiger partial charge is 0.147 e. The van der Waals surface area contributed by atoms with Crippen LogP contribution in [0.15, 0.2) is 0 Å². The molecular formula is C3H5FO. The summed E-state index contributed by atoms with van der Waals surface area (Å²) in [5, 5.41) is 0. The van der Waals surface area contributed by atoms with Crippen molar-refractivity contribution in [1.29, 1.82) is 0 Å². The van der Waals surface area contributed by atoms with Crippen molar-refractivity contribution >= 4 is 0 Å². The van der Waals surface area contributed by atoms with E-state index in [2.05, 4.69) is 4.74 Å². The van der Waals surface area contributed by atoms with E-state index in [0.717, 1.165) is 0 Å². The molecule has 0 saturated carbocycles. The maximum absolute atomic E-state index is 11.4. The Balaban J connectivity index is 2.08. The molecule has 1 aliphatic heterocycles. The largest absolute Gasteiger partial charge is 0.375 e. The van der Waals surface area contributed by atoms with Gasteiger partial charge in [-0.1, -0.05) is 0 Å². The summed E-state index contributed by atoms with van der Waals surface area (Å²) in [6.45, 7) is 0.639. The number of rotatable bonds is 0. The zero-order chi connectivity index (χ0) is 3.70. The molecule has 0 bridgehead atoms. The van der Waals surface area contributed by atoms with E-state index in [4.69, 9.17) is 0 Å². The van der Waals surface area contributed by atoms with Gasteiger partial charge in [0, 0.05) is 0 Å². The van der Waals surface area contributed by atoms with Crippen LogP contribution in [0, 0.1) is 0 Å². The molecule has 0 spiro atoms. The van der Waals surface area contributed by atoms with Gasteiger partial charge in [-0.15, -0.1) is 0 Å². The molecule has 0 aliphatic carbocycles. The van der Waals surface area contributed by atoms with Crippen LogP contribution in [-0.4, -0.2) is 19.4 Å². The van der Waals surface area contributed by atoms with E-state index < -0.39 is 6.17 Å². The van der Waals surface area contributed by atoms with Crippen LogP contribution in [0.4, 0.5) is 4.39 Å². The van der Waals surface area contributed by atoms with Crippen LogP contribution in [0.2, 0.25) is 0 Å². The molecule has 1 fully saturated rings. The first-order chi connectivity index (χ1) is 2.39. The predicted molar refractivity (Wildman–Crippen MR) is 15.7 cm³/mol. The second-order valence-electron chi connectivity index (χ2n) is 1.13. The number of hydrogen-bond donors (Lipinski definition) is 0. The number of ether oxygens (including phenoxy) is 1. The molecule has 1 saturated heterocycles. The Kier molecular flexibility index (Phi) is 0.580. The molecule has 0 atom stereocenters. The van der Waals surface area contributed by atoms with Gasteiger partial charge in [0.25, 0.3) is 0 Å². The summed E-state index contributed by atoms with van der Waals surface area (Å²) in [5.41, 5.74) is 0. The lowest BCUT2D eigenvalue weighted by atomic mass is 10.4. The Labute approximate surface area is 29.7 Å². The van der Waals surface area contributed by atoms with Crippen LogP contribution >= 0.6 is 0 Å². The number of hydrogen-bond acceptors (Lipinski definition) is 1. The van der Waals surface area contributed by atoms with Crippen LogP contribution < -0.4 is 0 Å². The maximum atomic E-state index is 11.4. The summed E-state index contributed by atoms with van der Waals surface area (Å²) in [6, 6.07) is 0. The summed E-state index contributed by atoms with van der Waals surface area (Å²) in [7, 11) is 0. The summed E-state index contributed by atoms with van der Waals surface area (Å²) in [5.74, 6) is 0. The Morgan fingerprint density at radius 2 is 2.00 bits per heavy atom. The van der Waals surface area contributed by atoms with Crippen molar-refractivity contribution in [1.82, 2.24) is 0 Å². The third-order valence-corrected chi connectivity index (χ3v) is 0.597. The second-order valence-corrected chi connectivity index (χ2v) is 1.13. The van der Waals surface area contributed by atoms with E-state index in [9.17, 15) is 4.39 Å². The van der Waals surface area contributed by atoms with Gasteiger partial charge in [0.2, 0.25) is 0 Å². The first-order valence-corrected chi connectivity index (χ1v) is 1.61. The molecule has 0 unspecified atom stereocenters. The fourth-order valence-electron chi connectivity index (χ4n) is 0.207. The van der Waals surface area contributed by atoms with Crippen molar-refractivity contribution in [3.05, 3.63) is 0 Å². The number of halogens is 1. The fourth-order valence-corrected chi connectivity index (χ4v) is 0.207. The van der Waals surface area contributed by atoms with Crippen LogP contribution in [-0.2, 0) is 4.74 Å². The Morgan fingerprint density at radius 1 is 1.60 bits per heavy atom. The quantitative estimate of drug-likeness (QED) is 0.404. The van der Waals surface area contributed by atoms with Crippen LogP contribution in [0.25, 0.3) is 0 Å². The lowest BCUT2D eigenvalue weighted by molar-refractivity contribution is -0.0497. The predicted octanol–water partition coefficient (Wildman–Crippen LogP) is 0.355. The van der Waals surface area contributed by atoms with Crippen LogP contribution in [0.3, 0.4) is 0 Å². The fraction of sp³-hybridized carbons (Fsp3) is 1.00. The van der Waals surface area contributed by atoms with Crippen molar-refractivity contribution < 1.29 is 9.13 Å². The van der Waals surface area contributed by atoms with Crippen molar-refractivity contribution in [2.45, 2.75) is 6.17 Å². The molecule has 2 heteroatoms. The second kappa shape index (κ2) is 0.937. The summed E-state index contributed by atoms with van der Waals surface area (Å²) >= 11 is 0. The van der Waals surface area contributed by atoms with E-state index in [1.165, 1.54) is 0 Å². The highest BCUT2D eigenvalue weighted by molar-refractivity contribution is 4.59. The molecule has 0 amide bonds.